The van der Waals surface area contributed by atoms with Crippen molar-refractivity contribution in [3.05, 3.63) is 58.6 Å². The molecule has 0 atom stereocenters. The SMILES string of the molecule is Clc1cc[c]([Pb][c]2ccc(Cl)cc2)cc1. The van der Waals surface area contributed by atoms with Gasteiger partial charge in [-0.15, -0.1) is 0 Å². The third-order valence-electron chi connectivity index (χ3n) is 1.98. The van der Waals surface area contributed by atoms with Crippen LogP contribution >= 0.6 is 23.2 Å². The van der Waals surface area contributed by atoms with Crippen molar-refractivity contribution in [1.82, 2.24) is 0 Å². The number of rotatable bonds is 2. The van der Waals surface area contributed by atoms with Crippen molar-refractivity contribution in [3.8, 4) is 0 Å². The first kappa shape index (κ1) is 11.4. The fraction of sp³-hybridized carbons (Fsp3) is 0. The van der Waals surface area contributed by atoms with Gasteiger partial charge < -0.3 is 0 Å². The van der Waals surface area contributed by atoms with Crippen molar-refractivity contribution in [2.75, 3.05) is 0 Å². The van der Waals surface area contributed by atoms with Crippen molar-refractivity contribution >= 4 is 53.7 Å². The summed E-state index contributed by atoms with van der Waals surface area (Å²) >= 11 is 10.8. The molecular weight excluding hydrogens is 422 g/mol. The number of hydrogen-bond acceptors (Lipinski definition) is 0. The van der Waals surface area contributed by atoms with Crippen LogP contribution in [0.5, 0.6) is 0 Å². The van der Waals surface area contributed by atoms with Crippen LogP contribution in [0.15, 0.2) is 48.5 Å². The van der Waals surface area contributed by atoms with Gasteiger partial charge in [0.15, 0.2) is 0 Å². The molecular formula is C12H8Cl2Pb. The van der Waals surface area contributed by atoms with E-state index in [1.807, 2.05) is 24.3 Å². The summed E-state index contributed by atoms with van der Waals surface area (Å²) in [5.74, 6) is 0. The Bertz CT molecular complexity index is 391. The van der Waals surface area contributed by atoms with E-state index in [1.54, 1.807) is 0 Å². The van der Waals surface area contributed by atoms with E-state index in [0.29, 0.717) is 0 Å². The number of hydrogen-bond donors (Lipinski definition) is 0. The summed E-state index contributed by atoms with van der Waals surface area (Å²) in [5, 5.41) is 1.61. The van der Waals surface area contributed by atoms with Crippen LogP contribution in [-0.2, 0) is 0 Å². The first-order chi connectivity index (χ1) is 7.24. The van der Waals surface area contributed by atoms with Crippen LogP contribution < -0.4 is 6.25 Å². The van der Waals surface area contributed by atoms with Gasteiger partial charge >= 0.3 is 112 Å². The average molecular weight is 430 g/mol. The quantitative estimate of drug-likeness (QED) is 0.643. The molecule has 3 heteroatoms. The Kier molecular flexibility index (Phi) is 4.06. The predicted molar refractivity (Wildman–Crippen MR) is 67.9 cm³/mol. The molecule has 0 unspecified atom stereocenters. The molecule has 2 aromatic rings. The molecule has 0 nitrogen and oxygen atoms in total. The van der Waals surface area contributed by atoms with Crippen LogP contribution in [0, 0.1) is 0 Å². The minimum absolute atomic E-state index is 0.804. The van der Waals surface area contributed by atoms with Crippen molar-refractivity contribution < 1.29 is 0 Å². The van der Waals surface area contributed by atoms with Crippen molar-refractivity contribution in [2.24, 2.45) is 0 Å². The van der Waals surface area contributed by atoms with Crippen molar-refractivity contribution in [3.63, 3.8) is 0 Å². The zero-order valence-electron chi connectivity index (χ0n) is 7.87. The molecule has 0 saturated carbocycles. The van der Waals surface area contributed by atoms with Crippen LogP contribution in [0.25, 0.3) is 0 Å². The van der Waals surface area contributed by atoms with E-state index in [2.05, 4.69) is 24.3 Å². The third kappa shape index (κ3) is 3.47. The van der Waals surface area contributed by atoms with Gasteiger partial charge in [0.1, 0.15) is 0 Å². The average Bonchev–Trinajstić information content (AvgIpc) is 2.25. The molecule has 0 fully saturated rings. The molecule has 0 aliphatic rings. The van der Waals surface area contributed by atoms with Gasteiger partial charge in [0.05, 0.1) is 0 Å². The van der Waals surface area contributed by atoms with E-state index in [4.69, 9.17) is 23.2 Å². The Labute approximate surface area is 111 Å². The molecule has 0 bridgehead atoms. The van der Waals surface area contributed by atoms with E-state index in [0.717, 1.165) is 10.0 Å². The standard InChI is InChI=1S/2C6H4Cl.Pb/c2*7-6-4-2-1-3-5-6;/h2*2-5H;. The minimum atomic E-state index is -0.901. The summed E-state index contributed by atoms with van der Waals surface area (Å²) in [4.78, 5) is 0. The predicted octanol–water partition coefficient (Wildman–Crippen LogP) is 2.65. The first-order valence-electron chi connectivity index (χ1n) is 4.52. The maximum absolute atomic E-state index is 5.84. The Balaban J connectivity index is 2.15. The fourth-order valence-corrected chi connectivity index (χ4v) is 5.37. The second-order valence-corrected chi connectivity index (χ2v) is 9.47. The van der Waals surface area contributed by atoms with E-state index < -0.39 is 24.2 Å². The summed E-state index contributed by atoms with van der Waals surface area (Å²) in [6, 6.07) is 16.3. The normalized spacial score (nSPS) is 10.3. The van der Waals surface area contributed by atoms with Gasteiger partial charge in [0, 0.05) is 0 Å². The van der Waals surface area contributed by atoms with Crippen molar-refractivity contribution in [1.29, 1.82) is 0 Å². The summed E-state index contributed by atoms with van der Waals surface area (Å²) < 4.78 is 2.89. The van der Waals surface area contributed by atoms with E-state index in [1.165, 1.54) is 6.25 Å². The molecule has 0 aliphatic heterocycles. The topological polar surface area (TPSA) is 0 Å². The van der Waals surface area contributed by atoms with Crippen LogP contribution in [0.4, 0.5) is 0 Å². The second kappa shape index (κ2) is 5.32. The Morgan fingerprint density at radius 3 is 1.27 bits per heavy atom. The van der Waals surface area contributed by atoms with Crippen LogP contribution in [0.2, 0.25) is 10.0 Å². The van der Waals surface area contributed by atoms with E-state index in [-0.39, 0.29) is 0 Å². The molecule has 0 saturated heterocycles. The van der Waals surface area contributed by atoms with Gasteiger partial charge in [-0.1, -0.05) is 0 Å². The Hall–Kier alpha value is -0.0579. The monoisotopic (exact) mass is 430 g/mol. The molecule has 2 rings (SSSR count). The number of halogens is 2. The zero-order valence-corrected chi connectivity index (χ0v) is 13.3. The first-order valence-corrected chi connectivity index (χ1v) is 9.16. The molecule has 0 aliphatic carbocycles. The summed E-state index contributed by atoms with van der Waals surface area (Å²) in [7, 11) is 0. The van der Waals surface area contributed by atoms with Crippen molar-refractivity contribution in [2.45, 2.75) is 0 Å². The van der Waals surface area contributed by atoms with Crippen LogP contribution in [-0.4, -0.2) is 24.2 Å². The maximum atomic E-state index is 5.84. The second-order valence-electron chi connectivity index (χ2n) is 3.14. The molecule has 15 heavy (non-hydrogen) atoms. The summed E-state index contributed by atoms with van der Waals surface area (Å²) in [6.07, 6.45) is 0. The Morgan fingerprint density at radius 1 is 0.600 bits per heavy atom. The van der Waals surface area contributed by atoms with Gasteiger partial charge in [-0.3, -0.25) is 0 Å². The molecule has 0 N–H and O–H groups in total. The van der Waals surface area contributed by atoms with Gasteiger partial charge in [-0.25, -0.2) is 0 Å². The van der Waals surface area contributed by atoms with Crippen LogP contribution in [0.1, 0.15) is 0 Å². The van der Waals surface area contributed by atoms with Crippen LogP contribution in [0.3, 0.4) is 0 Å². The molecule has 0 spiro atoms. The fourth-order valence-electron chi connectivity index (χ4n) is 1.23. The zero-order chi connectivity index (χ0) is 10.7. The molecule has 2 radical (unpaired) electrons. The molecule has 2 aromatic carbocycles. The third-order valence-corrected chi connectivity index (χ3v) is 7.32. The molecule has 0 heterocycles. The van der Waals surface area contributed by atoms with Gasteiger partial charge in [0.25, 0.3) is 0 Å². The summed E-state index contributed by atoms with van der Waals surface area (Å²) in [6.45, 7) is 0. The number of benzene rings is 2. The van der Waals surface area contributed by atoms with Gasteiger partial charge in [-0.05, 0) is 0 Å². The van der Waals surface area contributed by atoms with E-state index >= 15 is 0 Å². The van der Waals surface area contributed by atoms with Gasteiger partial charge in [0.2, 0.25) is 0 Å². The van der Waals surface area contributed by atoms with Gasteiger partial charge in [-0.2, -0.15) is 0 Å². The molecule has 74 valence electrons. The Morgan fingerprint density at radius 2 is 0.933 bits per heavy atom. The van der Waals surface area contributed by atoms with E-state index in [9.17, 15) is 0 Å². The molecule has 0 amide bonds. The molecule has 0 aromatic heterocycles. The summed E-state index contributed by atoms with van der Waals surface area (Å²) in [5.41, 5.74) is 0.